The third-order valence-electron chi connectivity index (χ3n) is 6.43. The van der Waals surface area contributed by atoms with E-state index in [0.717, 1.165) is 44.1 Å². The average Bonchev–Trinajstić information content (AvgIpc) is 2.84. The van der Waals surface area contributed by atoms with Gasteiger partial charge in [0.25, 0.3) is 5.90 Å². The van der Waals surface area contributed by atoms with Crippen LogP contribution in [0.2, 0.25) is 5.02 Å². The molecule has 0 radical (unpaired) electrons. The number of hydrogen-bond donors (Lipinski definition) is 3. The van der Waals surface area contributed by atoms with Crippen LogP contribution in [0.5, 0.6) is 0 Å². The molecule has 0 bridgehead atoms. The van der Waals surface area contributed by atoms with Crippen LogP contribution in [0.4, 0.5) is 11.5 Å². The van der Waals surface area contributed by atoms with Crippen LogP contribution in [-0.2, 0) is 9.47 Å². The normalized spacial score (nSPS) is 17.5. The number of morpholine rings is 1. The van der Waals surface area contributed by atoms with E-state index < -0.39 is 0 Å². The second-order valence-electron chi connectivity index (χ2n) is 8.88. The lowest BCUT2D eigenvalue weighted by Crippen LogP contribution is -2.46. The van der Waals surface area contributed by atoms with Crippen molar-refractivity contribution in [2.24, 2.45) is 11.7 Å². The topological polar surface area (TPSA) is 127 Å². The van der Waals surface area contributed by atoms with Gasteiger partial charge in [-0.3, -0.25) is 16.0 Å². The van der Waals surface area contributed by atoms with E-state index >= 15 is 0 Å². The van der Waals surface area contributed by atoms with E-state index in [1.54, 1.807) is 0 Å². The lowest BCUT2D eigenvalue weighted by molar-refractivity contribution is 0.0375. The van der Waals surface area contributed by atoms with Crippen molar-refractivity contribution in [3.8, 4) is 11.3 Å². The molecule has 2 aromatic rings. The van der Waals surface area contributed by atoms with Crippen LogP contribution >= 0.6 is 11.6 Å². The zero-order valence-corrected chi connectivity index (χ0v) is 20.3. The van der Waals surface area contributed by atoms with Crippen molar-refractivity contribution in [3.05, 3.63) is 35.1 Å². The van der Waals surface area contributed by atoms with Crippen LogP contribution in [0.15, 0.2) is 24.3 Å². The highest BCUT2D eigenvalue weighted by Gasteiger charge is 2.27. The molecule has 34 heavy (non-hydrogen) atoms. The summed E-state index contributed by atoms with van der Waals surface area (Å²) in [4.78, 5) is 13.9. The quantitative estimate of drug-likeness (QED) is 0.294. The highest BCUT2D eigenvalue weighted by Crippen LogP contribution is 2.36. The van der Waals surface area contributed by atoms with Gasteiger partial charge in [-0.15, -0.1) is 0 Å². The maximum Gasteiger partial charge on any atom is 0.253 e. The van der Waals surface area contributed by atoms with E-state index in [1.165, 1.54) is 32.1 Å². The molecule has 0 atom stereocenters. The van der Waals surface area contributed by atoms with Crippen molar-refractivity contribution in [1.82, 2.24) is 14.9 Å². The summed E-state index contributed by atoms with van der Waals surface area (Å²) in [6.07, 6.45) is 6.24. The Hall–Kier alpha value is -2.46. The Morgan fingerprint density at radius 1 is 1.21 bits per heavy atom. The van der Waals surface area contributed by atoms with Gasteiger partial charge in [-0.25, -0.2) is 9.97 Å². The van der Waals surface area contributed by atoms with Gasteiger partial charge in [-0.05, 0) is 30.9 Å². The van der Waals surface area contributed by atoms with Gasteiger partial charge in [0.05, 0.1) is 19.9 Å². The molecule has 2 heterocycles. The molecule has 2 fully saturated rings. The Labute approximate surface area is 205 Å². The average molecular weight is 488 g/mol. The minimum atomic E-state index is -0.212. The fourth-order valence-electron chi connectivity index (χ4n) is 4.76. The summed E-state index contributed by atoms with van der Waals surface area (Å²) >= 11 is 6.34. The van der Waals surface area contributed by atoms with Crippen LogP contribution in [0.1, 0.15) is 37.9 Å². The molecule has 2 aliphatic rings. The molecule has 0 spiro atoms. The molecule has 1 saturated heterocycles. The Kier molecular flexibility index (Phi) is 8.55. The minimum Gasteiger partial charge on any atom is -0.460 e. The van der Waals surface area contributed by atoms with E-state index in [-0.39, 0.29) is 18.5 Å². The number of ether oxygens (including phenoxy) is 2. The smallest absolute Gasteiger partial charge is 0.253 e. The molecule has 0 unspecified atom stereocenters. The second kappa shape index (κ2) is 11.8. The first kappa shape index (κ1) is 24.7. The standard InChI is InChI=1S/C24H34ClN7O2/c25-19-8-4-7-18(13-19)20-21(22(27)30-24(29-20)23(28)34-15-26)32(14-17-5-2-1-3-6-17)16-31-9-11-33-12-10-31/h4,7-8,13,17,28H,1-3,5-6,9-12,14-16,26H2,(H2,27,29,30). The summed E-state index contributed by atoms with van der Waals surface area (Å²) in [5, 5.41) is 8.77. The molecule has 1 aromatic carbocycles. The Balaban J connectivity index is 1.77. The van der Waals surface area contributed by atoms with Crippen molar-refractivity contribution in [1.29, 1.82) is 5.41 Å². The minimum absolute atomic E-state index is 0.102. The highest BCUT2D eigenvalue weighted by atomic mass is 35.5. The molecule has 1 aliphatic heterocycles. The summed E-state index contributed by atoms with van der Waals surface area (Å²) in [6.45, 7) is 4.60. The van der Waals surface area contributed by atoms with Crippen molar-refractivity contribution in [2.75, 3.05) is 56.9 Å². The molecular formula is C24H34ClN7O2. The van der Waals surface area contributed by atoms with Crippen LogP contribution in [0.3, 0.4) is 0 Å². The number of nitrogens with one attached hydrogen (secondary N) is 1. The number of nitrogen functional groups attached to an aromatic ring is 1. The fraction of sp³-hybridized carbons (Fsp3) is 0.542. The lowest BCUT2D eigenvalue weighted by atomic mass is 9.89. The van der Waals surface area contributed by atoms with Gasteiger partial charge in [0, 0.05) is 30.2 Å². The summed E-state index contributed by atoms with van der Waals surface area (Å²) in [7, 11) is 0. The van der Waals surface area contributed by atoms with E-state index in [9.17, 15) is 0 Å². The maximum absolute atomic E-state index is 8.17. The number of benzene rings is 1. The van der Waals surface area contributed by atoms with Gasteiger partial charge in [-0.1, -0.05) is 43.0 Å². The monoisotopic (exact) mass is 487 g/mol. The Morgan fingerprint density at radius 3 is 2.68 bits per heavy atom. The van der Waals surface area contributed by atoms with Gasteiger partial charge in [0.2, 0.25) is 5.82 Å². The second-order valence-corrected chi connectivity index (χ2v) is 9.31. The SMILES string of the molecule is N=C(OCN)c1nc(N)c(N(CC2CCCCC2)CN2CCOCC2)c(-c2cccc(Cl)c2)n1. The van der Waals surface area contributed by atoms with E-state index in [1.807, 2.05) is 24.3 Å². The molecule has 10 heteroatoms. The van der Waals surface area contributed by atoms with Crippen LogP contribution in [0, 0.1) is 11.3 Å². The van der Waals surface area contributed by atoms with Crippen LogP contribution in [-0.4, -0.2) is 67.0 Å². The molecule has 0 amide bonds. The van der Waals surface area contributed by atoms with Crippen LogP contribution < -0.4 is 16.4 Å². The van der Waals surface area contributed by atoms with Crippen molar-refractivity contribution < 1.29 is 9.47 Å². The molecule has 1 saturated carbocycles. The number of halogens is 1. The van der Waals surface area contributed by atoms with E-state index in [4.69, 9.17) is 42.9 Å². The first-order chi connectivity index (χ1) is 16.5. The fourth-order valence-corrected chi connectivity index (χ4v) is 4.95. The lowest BCUT2D eigenvalue weighted by Gasteiger charge is -2.37. The largest absolute Gasteiger partial charge is 0.460 e. The summed E-state index contributed by atoms with van der Waals surface area (Å²) in [5.74, 6) is 0.788. The maximum atomic E-state index is 8.17. The van der Waals surface area contributed by atoms with E-state index in [2.05, 4.69) is 14.8 Å². The van der Waals surface area contributed by atoms with Crippen LogP contribution in [0.25, 0.3) is 11.3 Å². The van der Waals surface area contributed by atoms with Gasteiger partial charge >= 0.3 is 0 Å². The van der Waals surface area contributed by atoms with Gasteiger partial charge in [0.1, 0.15) is 18.1 Å². The molecule has 5 N–H and O–H groups in total. The number of nitrogens with zero attached hydrogens (tertiary/aromatic N) is 4. The molecule has 1 aromatic heterocycles. The molecule has 184 valence electrons. The first-order valence-electron chi connectivity index (χ1n) is 12.0. The first-order valence-corrected chi connectivity index (χ1v) is 12.3. The molecule has 4 rings (SSSR count). The zero-order chi connectivity index (χ0) is 23.9. The number of nitrogens with two attached hydrogens (primary N) is 2. The third-order valence-corrected chi connectivity index (χ3v) is 6.67. The van der Waals surface area contributed by atoms with Crippen molar-refractivity contribution >= 4 is 29.0 Å². The number of hydrogen-bond acceptors (Lipinski definition) is 9. The molecule has 1 aliphatic carbocycles. The predicted molar refractivity (Wildman–Crippen MR) is 135 cm³/mol. The summed E-state index contributed by atoms with van der Waals surface area (Å²) in [5.41, 5.74) is 14.3. The van der Waals surface area contributed by atoms with Gasteiger partial charge in [0.15, 0.2) is 5.82 Å². The zero-order valence-electron chi connectivity index (χ0n) is 19.5. The number of rotatable bonds is 8. The van der Waals surface area contributed by atoms with Crippen molar-refractivity contribution in [2.45, 2.75) is 32.1 Å². The Morgan fingerprint density at radius 2 is 1.97 bits per heavy atom. The number of aromatic nitrogens is 2. The Bertz CT molecular complexity index is 958. The summed E-state index contributed by atoms with van der Waals surface area (Å²) in [6, 6.07) is 7.51. The predicted octanol–water partition coefficient (Wildman–Crippen LogP) is 3.31. The van der Waals surface area contributed by atoms with Crippen molar-refractivity contribution in [3.63, 3.8) is 0 Å². The number of anilines is 2. The molecular weight excluding hydrogens is 454 g/mol. The molecule has 9 nitrogen and oxygen atoms in total. The van der Waals surface area contributed by atoms with Gasteiger partial charge in [-0.2, -0.15) is 0 Å². The summed E-state index contributed by atoms with van der Waals surface area (Å²) < 4.78 is 10.7. The highest BCUT2D eigenvalue weighted by molar-refractivity contribution is 6.30. The van der Waals surface area contributed by atoms with E-state index in [0.29, 0.717) is 29.1 Å². The van der Waals surface area contributed by atoms with Gasteiger partial charge < -0.3 is 20.1 Å². The third kappa shape index (κ3) is 6.15.